The van der Waals surface area contributed by atoms with Crippen molar-refractivity contribution in [3.8, 4) is 0 Å². The number of amides is 1. The molecule has 0 radical (unpaired) electrons. The van der Waals surface area contributed by atoms with Gasteiger partial charge in [-0.15, -0.1) is 0 Å². The lowest BCUT2D eigenvalue weighted by atomic mass is 10.4. The minimum Gasteiger partial charge on any atom is -0.475 e. The number of carboxylic acid groups (broad SMARTS) is 1. The molecule has 0 spiro atoms. The van der Waals surface area contributed by atoms with E-state index in [-0.39, 0.29) is 23.8 Å². The summed E-state index contributed by atoms with van der Waals surface area (Å²) < 4.78 is 27.2. The molecule has 0 saturated carbocycles. The smallest absolute Gasteiger partial charge is 0.371 e. The molecule has 18 heavy (non-hydrogen) atoms. The Labute approximate surface area is 104 Å². The molecule has 0 unspecified atom stereocenters. The van der Waals surface area contributed by atoms with Gasteiger partial charge in [0.05, 0.1) is 6.54 Å². The average Bonchev–Trinajstić information content (AvgIpc) is 2.74. The third kappa shape index (κ3) is 4.21. The van der Waals surface area contributed by atoms with Gasteiger partial charge in [-0.2, -0.15) is 0 Å². The van der Waals surface area contributed by atoms with Crippen molar-refractivity contribution in [1.29, 1.82) is 0 Å². The van der Waals surface area contributed by atoms with Crippen LogP contribution in [-0.4, -0.2) is 36.9 Å². The standard InChI is InChI=1S/C10H13NO6S/c1-2-18(15,16)6-9(12)11-5-7-3-4-8(17-7)10(13)14/h3-4H,2,5-6H2,1H3,(H,11,12)(H,13,14). The van der Waals surface area contributed by atoms with Crippen LogP contribution >= 0.6 is 0 Å². The first-order chi connectivity index (χ1) is 8.34. The summed E-state index contributed by atoms with van der Waals surface area (Å²) in [6, 6.07) is 2.66. The number of hydrogen-bond acceptors (Lipinski definition) is 5. The maximum atomic E-state index is 11.3. The minimum atomic E-state index is -3.37. The zero-order chi connectivity index (χ0) is 13.8. The van der Waals surface area contributed by atoms with Gasteiger partial charge in [0.2, 0.25) is 11.7 Å². The highest BCUT2D eigenvalue weighted by Gasteiger charge is 2.15. The molecule has 0 aromatic carbocycles. The van der Waals surface area contributed by atoms with Crippen LogP contribution in [0.5, 0.6) is 0 Å². The van der Waals surface area contributed by atoms with E-state index in [4.69, 9.17) is 9.52 Å². The highest BCUT2D eigenvalue weighted by molar-refractivity contribution is 7.92. The monoisotopic (exact) mass is 275 g/mol. The van der Waals surface area contributed by atoms with Crippen LogP contribution in [0.1, 0.15) is 23.2 Å². The molecule has 0 bridgehead atoms. The zero-order valence-corrected chi connectivity index (χ0v) is 10.5. The van der Waals surface area contributed by atoms with E-state index in [0.717, 1.165) is 0 Å². The number of sulfone groups is 1. The Morgan fingerprint density at radius 2 is 2.06 bits per heavy atom. The molecule has 0 aliphatic carbocycles. The van der Waals surface area contributed by atoms with Crippen LogP contribution in [-0.2, 0) is 21.2 Å². The molecule has 1 amide bonds. The fourth-order valence-electron chi connectivity index (χ4n) is 1.13. The number of hydrogen-bond donors (Lipinski definition) is 2. The van der Waals surface area contributed by atoms with Crippen LogP contribution in [0.2, 0.25) is 0 Å². The Morgan fingerprint density at radius 1 is 1.39 bits per heavy atom. The molecule has 1 heterocycles. The Morgan fingerprint density at radius 3 is 2.56 bits per heavy atom. The number of nitrogens with one attached hydrogen (secondary N) is 1. The van der Waals surface area contributed by atoms with Crippen molar-refractivity contribution in [3.05, 3.63) is 23.7 Å². The van der Waals surface area contributed by atoms with E-state index in [1.165, 1.54) is 19.1 Å². The highest BCUT2D eigenvalue weighted by atomic mass is 32.2. The van der Waals surface area contributed by atoms with Crippen molar-refractivity contribution >= 4 is 21.7 Å². The topological polar surface area (TPSA) is 114 Å². The summed E-state index contributed by atoms with van der Waals surface area (Å²) >= 11 is 0. The fourth-order valence-corrected chi connectivity index (χ4v) is 1.83. The van der Waals surface area contributed by atoms with Gasteiger partial charge in [-0.05, 0) is 12.1 Å². The van der Waals surface area contributed by atoms with E-state index in [2.05, 4.69) is 5.32 Å². The first kappa shape index (κ1) is 14.2. The lowest BCUT2D eigenvalue weighted by Gasteiger charge is -2.03. The molecular weight excluding hydrogens is 262 g/mol. The van der Waals surface area contributed by atoms with Crippen LogP contribution in [0.15, 0.2) is 16.5 Å². The molecule has 8 heteroatoms. The predicted octanol–water partition coefficient (Wildman–Crippen LogP) is 0.0287. The Balaban J connectivity index is 2.50. The van der Waals surface area contributed by atoms with E-state index in [1.54, 1.807) is 0 Å². The molecule has 100 valence electrons. The van der Waals surface area contributed by atoms with Gasteiger partial charge in [-0.3, -0.25) is 4.79 Å². The quantitative estimate of drug-likeness (QED) is 0.757. The van der Waals surface area contributed by atoms with Gasteiger partial charge < -0.3 is 14.8 Å². The van der Waals surface area contributed by atoms with Gasteiger partial charge >= 0.3 is 5.97 Å². The molecule has 0 atom stereocenters. The Hall–Kier alpha value is -1.83. The highest BCUT2D eigenvalue weighted by Crippen LogP contribution is 2.07. The number of rotatable bonds is 6. The maximum absolute atomic E-state index is 11.3. The second kappa shape index (κ2) is 5.67. The Kier molecular flexibility index (Phi) is 4.49. The van der Waals surface area contributed by atoms with Crippen molar-refractivity contribution in [3.63, 3.8) is 0 Å². The van der Waals surface area contributed by atoms with E-state index in [0.29, 0.717) is 0 Å². The Bertz CT molecular complexity index is 544. The second-order valence-electron chi connectivity index (χ2n) is 3.52. The summed E-state index contributed by atoms with van der Waals surface area (Å²) in [5, 5.41) is 10.9. The van der Waals surface area contributed by atoms with E-state index < -0.39 is 27.5 Å². The summed E-state index contributed by atoms with van der Waals surface area (Å²) in [7, 11) is -3.37. The largest absolute Gasteiger partial charge is 0.475 e. The number of carbonyl (C=O) groups excluding carboxylic acids is 1. The lowest BCUT2D eigenvalue weighted by Crippen LogP contribution is -2.30. The summed E-state index contributed by atoms with van der Waals surface area (Å²) in [6.07, 6.45) is 0. The van der Waals surface area contributed by atoms with E-state index >= 15 is 0 Å². The molecule has 0 aliphatic rings. The summed E-state index contributed by atoms with van der Waals surface area (Å²) in [4.78, 5) is 21.8. The molecule has 7 nitrogen and oxygen atoms in total. The normalized spacial score (nSPS) is 11.2. The second-order valence-corrected chi connectivity index (χ2v) is 5.88. The summed E-state index contributed by atoms with van der Waals surface area (Å²) in [6.45, 7) is 1.40. The summed E-state index contributed by atoms with van der Waals surface area (Å²) in [5.74, 6) is -2.54. The van der Waals surface area contributed by atoms with Gasteiger partial charge in [-0.25, -0.2) is 13.2 Å². The van der Waals surface area contributed by atoms with Crippen LogP contribution < -0.4 is 5.32 Å². The zero-order valence-electron chi connectivity index (χ0n) is 9.67. The van der Waals surface area contributed by atoms with Gasteiger partial charge in [0.15, 0.2) is 9.84 Å². The maximum Gasteiger partial charge on any atom is 0.371 e. The van der Waals surface area contributed by atoms with Crippen molar-refractivity contribution < 1.29 is 27.5 Å². The number of aromatic carboxylic acids is 1. The van der Waals surface area contributed by atoms with Crippen molar-refractivity contribution in [1.82, 2.24) is 5.32 Å². The minimum absolute atomic E-state index is 0.0503. The summed E-state index contributed by atoms with van der Waals surface area (Å²) in [5.41, 5.74) is 0. The van der Waals surface area contributed by atoms with Crippen LogP contribution in [0.4, 0.5) is 0 Å². The molecule has 1 aromatic heterocycles. The van der Waals surface area contributed by atoms with Gasteiger partial charge in [-0.1, -0.05) is 6.92 Å². The van der Waals surface area contributed by atoms with Gasteiger partial charge in [0, 0.05) is 5.75 Å². The average molecular weight is 275 g/mol. The molecule has 1 rings (SSSR count). The van der Waals surface area contributed by atoms with Crippen LogP contribution in [0, 0.1) is 0 Å². The molecular formula is C10H13NO6S. The van der Waals surface area contributed by atoms with E-state index in [1.807, 2.05) is 0 Å². The lowest BCUT2D eigenvalue weighted by molar-refractivity contribution is -0.118. The number of carboxylic acids is 1. The van der Waals surface area contributed by atoms with E-state index in [9.17, 15) is 18.0 Å². The molecule has 0 aliphatic heterocycles. The van der Waals surface area contributed by atoms with Crippen molar-refractivity contribution in [2.24, 2.45) is 0 Å². The molecule has 1 aromatic rings. The molecule has 2 N–H and O–H groups in total. The molecule has 0 saturated heterocycles. The van der Waals surface area contributed by atoms with Gasteiger partial charge in [0.1, 0.15) is 11.5 Å². The van der Waals surface area contributed by atoms with Crippen molar-refractivity contribution in [2.75, 3.05) is 11.5 Å². The molecule has 0 fully saturated rings. The van der Waals surface area contributed by atoms with Crippen LogP contribution in [0.25, 0.3) is 0 Å². The predicted molar refractivity (Wildman–Crippen MR) is 61.8 cm³/mol. The van der Waals surface area contributed by atoms with Crippen molar-refractivity contribution in [2.45, 2.75) is 13.5 Å². The SMILES string of the molecule is CCS(=O)(=O)CC(=O)NCc1ccc(C(=O)O)o1. The first-order valence-corrected chi connectivity index (χ1v) is 6.95. The fraction of sp³-hybridized carbons (Fsp3) is 0.400. The van der Waals surface area contributed by atoms with Gasteiger partial charge in [0.25, 0.3) is 0 Å². The third-order valence-electron chi connectivity index (χ3n) is 2.12. The first-order valence-electron chi connectivity index (χ1n) is 5.13. The third-order valence-corrected chi connectivity index (χ3v) is 3.70. The number of carbonyl (C=O) groups is 2. The van der Waals surface area contributed by atoms with Crippen LogP contribution in [0.3, 0.4) is 0 Å². The number of furan rings is 1.